The molecule has 1 aromatic carbocycles. The van der Waals surface area contributed by atoms with E-state index in [-0.39, 0.29) is 5.56 Å². The molecule has 1 aromatic heterocycles. The van der Waals surface area contributed by atoms with Crippen molar-refractivity contribution in [3.63, 3.8) is 0 Å². The molecule has 0 saturated heterocycles. The third kappa shape index (κ3) is 3.25. The van der Waals surface area contributed by atoms with E-state index in [1.807, 2.05) is 19.2 Å². The van der Waals surface area contributed by atoms with Gasteiger partial charge in [0.2, 0.25) is 0 Å². The van der Waals surface area contributed by atoms with Crippen LogP contribution in [0.4, 0.5) is 5.69 Å². The van der Waals surface area contributed by atoms with E-state index in [1.54, 1.807) is 10.6 Å². The second kappa shape index (κ2) is 6.23. The Kier molecular flexibility index (Phi) is 4.39. The Morgan fingerprint density at radius 3 is 2.47 bits per heavy atom. The molecule has 3 heteroatoms. The number of benzene rings is 1. The molecule has 0 radical (unpaired) electrons. The minimum absolute atomic E-state index is 0.0435. The minimum atomic E-state index is 0.0435. The van der Waals surface area contributed by atoms with Crippen molar-refractivity contribution in [1.29, 1.82) is 0 Å². The number of hydrogen-bond donors (Lipinski definition) is 1. The fraction of sp³-hybridized carbons (Fsp3) is 0.312. The number of hydrogen-bond acceptors (Lipinski definition) is 2. The fourth-order valence-corrected chi connectivity index (χ4v) is 2.16. The van der Waals surface area contributed by atoms with Crippen LogP contribution in [0, 0.1) is 0 Å². The predicted octanol–water partition coefficient (Wildman–Crippen LogP) is 3.04. The van der Waals surface area contributed by atoms with Crippen LogP contribution in [0.5, 0.6) is 0 Å². The molecule has 3 nitrogen and oxygen atoms in total. The van der Waals surface area contributed by atoms with Gasteiger partial charge in [0.1, 0.15) is 0 Å². The Morgan fingerprint density at radius 2 is 1.79 bits per heavy atom. The SMILES string of the molecule is CCc1ccccc1CNc1ccc(=O)n(CC)c1. The molecule has 0 saturated carbocycles. The van der Waals surface area contributed by atoms with Crippen molar-refractivity contribution in [2.75, 3.05) is 5.32 Å². The molecular formula is C16H20N2O. The summed E-state index contributed by atoms with van der Waals surface area (Å²) in [6.07, 6.45) is 2.91. The van der Waals surface area contributed by atoms with E-state index in [4.69, 9.17) is 0 Å². The number of nitrogens with one attached hydrogen (secondary N) is 1. The van der Waals surface area contributed by atoms with Crippen LogP contribution in [0.25, 0.3) is 0 Å². The predicted molar refractivity (Wildman–Crippen MR) is 79.5 cm³/mol. The molecule has 0 aliphatic heterocycles. The van der Waals surface area contributed by atoms with Crippen LogP contribution in [-0.2, 0) is 19.5 Å². The summed E-state index contributed by atoms with van der Waals surface area (Å²) >= 11 is 0. The average molecular weight is 256 g/mol. The molecule has 0 aliphatic rings. The van der Waals surface area contributed by atoms with Crippen LogP contribution in [0.2, 0.25) is 0 Å². The molecule has 2 rings (SSSR count). The van der Waals surface area contributed by atoms with E-state index in [0.29, 0.717) is 6.54 Å². The molecule has 0 unspecified atom stereocenters. The minimum Gasteiger partial charge on any atom is -0.380 e. The lowest BCUT2D eigenvalue weighted by molar-refractivity contribution is 0.727. The zero-order valence-electron chi connectivity index (χ0n) is 11.5. The van der Waals surface area contributed by atoms with Gasteiger partial charge in [-0.3, -0.25) is 4.79 Å². The molecule has 19 heavy (non-hydrogen) atoms. The Labute approximate surface area is 113 Å². The second-order valence-electron chi connectivity index (χ2n) is 4.52. The van der Waals surface area contributed by atoms with Crippen LogP contribution in [0.1, 0.15) is 25.0 Å². The summed E-state index contributed by atoms with van der Waals surface area (Å²) in [4.78, 5) is 11.5. The van der Waals surface area contributed by atoms with Crippen molar-refractivity contribution in [3.8, 4) is 0 Å². The summed E-state index contributed by atoms with van der Waals surface area (Å²) in [5.74, 6) is 0. The highest BCUT2D eigenvalue weighted by Crippen LogP contribution is 2.12. The quantitative estimate of drug-likeness (QED) is 0.892. The molecule has 100 valence electrons. The van der Waals surface area contributed by atoms with Gasteiger partial charge in [0.05, 0.1) is 5.69 Å². The lowest BCUT2D eigenvalue weighted by Crippen LogP contribution is -2.17. The average Bonchev–Trinajstić information content (AvgIpc) is 2.46. The number of aromatic nitrogens is 1. The van der Waals surface area contributed by atoms with Crippen molar-refractivity contribution in [3.05, 3.63) is 64.1 Å². The first-order valence-electron chi connectivity index (χ1n) is 6.75. The molecule has 0 fully saturated rings. The van der Waals surface area contributed by atoms with E-state index in [9.17, 15) is 4.79 Å². The molecule has 0 aliphatic carbocycles. The van der Waals surface area contributed by atoms with Gasteiger partial charge in [0, 0.05) is 25.4 Å². The normalized spacial score (nSPS) is 10.4. The summed E-state index contributed by atoms with van der Waals surface area (Å²) in [5, 5.41) is 3.38. The molecule has 2 aromatic rings. The van der Waals surface area contributed by atoms with Gasteiger partial charge in [0.15, 0.2) is 0 Å². The summed E-state index contributed by atoms with van der Waals surface area (Å²) in [7, 11) is 0. The first-order valence-corrected chi connectivity index (χ1v) is 6.75. The number of anilines is 1. The Balaban J connectivity index is 2.12. The van der Waals surface area contributed by atoms with Gasteiger partial charge in [0.25, 0.3) is 5.56 Å². The summed E-state index contributed by atoms with van der Waals surface area (Å²) in [5.41, 5.74) is 3.69. The molecule has 0 spiro atoms. The van der Waals surface area contributed by atoms with Crippen LogP contribution >= 0.6 is 0 Å². The van der Waals surface area contributed by atoms with Gasteiger partial charge in [-0.2, -0.15) is 0 Å². The van der Waals surface area contributed by atoms with E-state index in [1.165, 1.54) is 11.1 Å². The maximum absolute atomic E-state index is 11.5. The van der Waals surface area contributed by atoms with Gasteiger partial charge < -0.3 is 9.88 Å². The van der Waals surface area contributed by atoms with E-state index in [0.717, 1.165) is 18.7 Å². The van der Waals surface area contributed by atoms with Gasteiger partial charge in [-0.1, -0.05) is 31.2 Å². The summed E-state index contributed by atoms with van der Waals surface area (Å²) < 4.78 is 1.70. The highest BCUT2D eigenvalue weighted by molar-refractivity contribution is 5.42. The van der Waals surface area contributed by atoms with E-state index >= 15 is 0 Å². The Hall–Kier alpha value is -2.03. The van der Waals surface area contributed by atoms with Crippen LogP contribution in [-0.4, -0.2) is 4.57 Å². The number of nitrogens with zero attached hydrogens (tertiary/aromatic N) is 1. The summed E-state index contributed by atoms with van der Waals surface area (Å²) in [6.45, 7) is 5.61. The van der Waals surface area contributed by atoms with Crippen molar-refractivity contribution in [2.24, 2.45) is 0 Å². The number of rotatable bonds is 5. The Morgan fingerprint density at radius 1 is 1.05 bits per heavy atom. The van der Waals surface area contributed by atoms with Crippen molar-refractivity contribution >= 4 is 5.69 Å². The maximum Gasteiger partial charge on any atom is 0.250 e. The zero-order valence-corrected chi connectivity index (χ0v) is 11.5. The van der Waals surface area contributed by atoms with E-state index in [2.05, 4.69) is 36.5 Å². The van der Waals surface area contributed by atoms with E-state index < -0.39 is 0 Å². The smallest absolute Gasteiger partial charge is 0.250 e. The third-order valence-corrected chi connectivity index (χ3v) is 3.31. The van der Waals surface area contributed by atoms with Gasteiger partial charge in [-0.05, 0) is 30.5 Å². The molecule has 0 bridgehead atoms. The van der Waals surface area contributed by atoms with Crippen molar-refractivity contribution in [2.45, 2.75) is 33.4 Å². The highest BCUT2D eigenvalue weighted by atomic mass is 16.1. The second-order valence-corrected chi connectivity index (χ2v) is 4.52. The first-order chi connectivity index (χ1) is 9.24. The molecular weight excluding hydrogens is 236 g/mol. The van der Waals surface area contributed by atoms with Crippen LogP contribution < -0.4 is 10.9 Å². The molecule has 1 heterocycles. The highest BCUT2D eigenvalue weighted by Gasteiger charge is 2.01. The lowest BCUT2D eigenvalue weighted by Gasteiger charge is -2.11. The van der Waals surface area contributed by atoms with Crippen LogP contribution in [0.3, 0.4) is 0 Å². The van der Waals surface area contributed by atoms with Gasteiger partial charge in [-0.15, -0.1) is 0 Å². The number of pyridine rings is 1. The summed E-state index contributed by atoms with van der Waals surface area (Å²) in [6, 6.07) is 11.9. The fourth-order valence-electron chi connectivity index (χ4n) is 2.16. The molecule has 0 amide bonds. The lowest BCUT2D eigenvalue weighted by atomic mass is 10.1. The maximum atomic E-state index is 11.5. The monoisotopic (exact) mass is 256 g/mol. The molecule has 0 atom stereocenters. The van der Waals surface area contributed by atoms with Crippen LogP contribution in [0.15, 0.2) is 47.4 Å². The van der Waals surface area contributed by atoms with Crippen molar-refractivity contribution in [1.82, 2.24) is 4.57 Å². The Bertz CT molecular complexity index is 602. The van der Waals surface area contributed by atoms with Gasteiger partial charge >= 0.3 is 0 Å². The zero-order chi connectivity index (χ0) is 13.7. The standard InChI is InChI=1S/C16H20N2O/c1-3-13-7-5-6-8-14(13)11-17-15-9-10-16(19)18(4-2)12-15/h5-10,12,17H,3-4,11H2,1-2H3. The molecule has 1 N–H and O–H groups in total. The topological polar surface area (TPSA) is 34.0 Å². The largest absolute Gasteiger partial charge is 0.380 e. The third-order valence-electron chi connectivity index (χ3n) is 3.31. The van der Waals surface area contributed by atoms with Crippen molar-refractivity contribution < 1.29 is 0 Å². The first kappa shape index (κ1) is 13.4. The van der Waals surface area contributed by atoms with Gasteiger partial charge in [-0.25, -0.2) is 0 Å². The number of aryl methyl sites for hydroxylation is 2.